The summed E-state index contributed by atoms with van der Waals surface area (Å²) in [5.41, 5.74) is 0.360. The number of halogens is 2. The molecular formula is C19H25F2N3O. The number of carbonyl (C=O) groups is 1. The van der Waals surface area contributed by atoms with Gasteiger partial charge in [-0.1, -0.05) is 18.6 Å². The maximum Gasteiger partial charge on any atom is 0.315 e. The number of nitrogens with one attached hydrogen (secondary N) is 2. The number of piperidine rings is 2. The van der Waals surface area contributed by atoms with Crippen LogP contribution in [0.25, 0.3) is 0 Å². The Morgan fingerprint density at radius 1 is 1.12 bits per heavy atom. The number of urea groups is 1. The van der Waals surface area contributed by atoms with E-state index in [0.717, 1.165) is 18.9 Å². The van der Waals surface area contributed by atoms with Crippen LogP contribution in [0.2, 0.25) is 0 Å². The predicted octanol–water partition coefficient (Wildman–Crippen LogP) is 3.14. The number of fused-ring (bicyclic) bond motifs is 2. The van der Waals surface area contributed by atoms with Crippen molar-refractivity contribution in [3.8, 4) is 0 Å². The fourth-order valence-corrected chi connectivity index (χ4v) is 4.63. The molecule has 2 aliphatic heterocycles. The molecule has 4 rings (SSSR count). The number of benzene rings is 1. The molecule has 1 aliphatic carbocycles. The Morgan fingerprint density at radius 3 is 2.56 bits per heavy atom. The average Bonchev–Trinajstić information content (AvgIpc) is 3.29. The Hall–Kier alpha value is -1.69. The molecule has 4 nitrogen and oxygen atoms in total. The normalized spacial score (nSPS) is 34.4. The smallest absolute Gasteiger partial charge is 0.315 e. The van der Waals surface area contributed by atoms with Crippen LogP contribution in [-0.4, -0.2) is 42.1 Å². The van der Waals surface area contributed by atoms with E-state index in [1.54, 1.807) is 6.07 Å². The number of rotatable bonds is 3. The second-order valence-corrected chi connectivity index (χ2v) is 7.78. The molecule has 2 heterocycles. The number of hydrogen-bond donors (Lipinski definition) is 2. The molecule has 0 spiro atoms. The zero-order valence-electron chi connectivity index (χ0n) is 14.5. The first-order chi connectivity index (χ1) is 12.0. The zero-order chi connectivity index (χ0) is 17.6. The highest BCUT2D eigenvalue weighted by molar-refractivity contribution is 5.75. The van der Waals surface area contributed by atoms with Gasteiger partial charge in [0, 0.05) is 30.1 Å². The molecule has 0 aromatic heterocycles. The molecule has 2 bridgehead atoms. The summed E-state index contributed by atoms with van der Waals surface area (Å²) in [6.45, 7) is 0. The topological polar surface area (TPSA) is 44.4 Å². The molecule has 4 atom stereocenters. The molecule has 1 saturated carbocycles. The van der Waals surface area contributed by atoms with Crippen molar-refractivity contribution >= 4 is 6.03 Å². The number of amides is 2. The molecule has 25 heavy (non-hydrogen) atoms. The Labute approximate surface area is 147 Å². The van der Waals surface area contributed by atoms with Gasteiger partial charge < -0.3 is 15.5 Å². The van der Waals surface area contributed by atoms with Crippen LogP contribution in [0, 0.1) is 11.6 Å². The fraction of sp³-hybridized carbons (Fsp3) is 0.632. The van der Waals surface area contributed by atoms with Gasteiger partial charge in [-0.2, -0.15) is 0 Å². The summed E-state index contributed by atoms with van der Waals surface area (Å²) in [6, 6.07) is 5.27. The van der Waals surface area contributed by atoms with Gasteiger partial charge in [-0.3, -0.25) is 0 Å². The molecule has 0 radical (unpaired) electrons. The minimum absolute atomic E-state index is 0.109. The molecular weight excluding hydrogens is 324 g/mol. The molecule has 3 fully saturated rings. The van der Waals surface area contributed by atoms with Gasteiger partial charge in [0.2, 0.25) is 0 Å². The second kappa shape index (κ2) is 6.56. The SMILES string of the molecule is CN1[C@H]2CCC[C@H]1CC(NC(=O)N[C@H]1C[C@H]1c1cccc(F)c1F)C2. The summed E-state index contributed by atoms with van der Waals surface area (Å²) in [4.78, 5) is 14.7. The van der Waals surface area contributed by atoms with E-state index in [9.17, 15) is 13.6 Å². The van der Waals surface area contributed by atoms with E-state index in [1.807, 2.05) is 0 Å². The first kappa shape index (κ1) is 16.8. The highest BCUT2D eigenvalue weighted by Gasteiger charge is 2.42. The van der Waals surface area contributed by atoms with Gasteiger partial charge >= 0.3 is 6.03 Å². The predicted molar refractivity (Wildman–Crippen MR) is 91.4 cm³/mol. The molecule has 0 unspecified atom stereocenters. The highest BCUT2D eigenvalue weighted by Crippen LogP contribution is 2.42. The van der Waals surface area contributed by atoms with E-state index in [0.29, 0.717) is 24.1 Å². The summed E-state index contributed by atoms with van der Waals surface area (Å²) < 4.78 is 27.2. The van der Waals surface area contributed by atoms with Crippen LogP contribution in [0.5, 0.6) is 0 Å². The molecule has 136 valence electrons. The highest BCUT2D eigenvalue weighted by atomic mass is 19.2. The van der Waals surface area contributed by atoms with E-state index in [4.69, 9.17) is 0 Å². The molecule has 1 aromatic rings. The zero-order valence-corrected chi connectivity index (χ0v) is 14.5. The standard InChI is InChI=1S/C19H25F2N3O/c1-24-12-4-2-5-13(24)9-11(8-12)22-19(25)23-17-10-15(17)14-6-3-7-16(20)18(14)21/h3,6-7,11-13,15,17H,2,4-5,8-10H2,1H3,(H2,22,23,25)/t12-,13-,15-,17-/m0/s1. The monoisotopic (exact) mass is 349 g/mol. The van der Waals surface area contributed by atoms with Gasteiger partial charge in [-0.05, 0) is 50.8 Å². The van der Waals surface area contributed by atoms with Crippen LogP contribution in [0.15, 0.2) is 18.2 Å². The Bertz CT molecular complexity index is 654. The van der Waals surface area contributed by atoms with E-state index >= 15 is 0 Å². The molecule has 1 aromatic carbocycles. The van der Waals surface area contributed by atoms with Crippen molar-refractivity contribution in [1.29, 1.82) is 0 Å². The molecule has 2 amide bonds. The largest absolute Gasteiger partial charge is 0.335 e. The van der Waals surface area contributed by atoms with Crippen molar-refractivity contribution in [3.63, 3.8) is 0 Å². The van der Waals surface area contributed by atoms with Crippen molar-refractivity contribution in [3.05, 3.63) is 35.4 Å². The summed E-state index contributed by atoms with van der Waals surface area (Å²) in [5.74, 6) is -1.75. The van der Waals surface area contributed by atoms with E-state index < -0.39 is 11.6 Å². The van der Waals surface area contributed by atoms with Crippen LogP contribution in [0.4, 0.5) is 13.6 Å². The van der Waals surface area contributed by atoms with Crippen molar-refractivity contribution in [2.45, 2.75) is 68.6 Å². The van der Waals surface area contributed by atoms with Crippen LogP contribution in [0.3, 0.4) is 0 Å². The second-order valence-electron chi connectivity index (χ2n) is 7.78. The van der Waals surface area contributed by atoms with Gasteiger partial charge in [0.15, 0.2) is 11.6 Å². The van der Waals surface area contributed by atoms with Gasteiger partial charge in [0.05, 0.1) is 0 Å². The number of nitrogens with zero attached hydrogens (tertiary/aromatic N) is 1. The Kier molecular flexibility index (Phi) is 4.40. The lowest BCUT2D eigenvalue weighted by molar-refractivity contribution is 0.0509. The lowest BCUT2D eigenvalue weighted by atomic mass is 9.82. The van der Waals surface area contributed by atoms with Crippen LogP contribution >= 0.6 is 0 Å². The van der Waals surface area contributed by atoms with Gasteiger partial charge in [-0.15, -0.1) is 0 Å². The average molecular weight is 349 g/mol. The van der Waals surface area contributed by atoms with E-state index in [2.05, 4.69) is 22.6 Å². The summed E-state index contributed by atoms with van der Waals surface area (Å²) in [6.07, 6.45) is 6.33. The summed E-state index contributed by atoms with van der Waals surface area (Å²) in [5, 5.41) is 6.01. The van der Waals surface area contributed by atoms with Gasteiger partial charge in [-0.25, -0.2) is 13.6 Å². The minimum Gasteiger partial charge on any atom is -0.335 e. The summed E-state index contributed by atoms with van der Waals surface area (Å²) >= 11 is 0. The Balaban J connectivity index is 1.30. The lowest BCUT2D eigenvalue weighted by Gasteiger charge is -2.47. The quantitative estimate of drug-likeness (QED) is 0.881. The summed E-state index contributed by atoms with van der Waals surface area (Å²) in [7, 11) is 2.19. The van der Waals surface area contributed by atoms with Crippen LogP contribution in [-0.2, 0) is 0 Å². The first-order valence-electron chi connectivity index (χ1n) is 9.26. The van der Waals surface area contributed by atoms with Gasteiger partial charge in [0.25, 0.3) is 0 Å². The van der Waals surface area contributed by atoms with E-state index in [1.165, 1.54) is 25.3 Å². The van der Waals surface area contributed by atoms with Crippen LogP contribution < -0.4 is 10.6 Å². The van der Waals surface area contributed by atoms with Crippen molar-refractivity contribution < 1.29 is 13.6 Å². The number of hydrogen-bond acceptors (Lipinski definition) is 2. The molecule has 2 saturated heterocycles. The lowest BCUT2D eigenvalue weighted by Crippen LogP contribution is -2.56. The Morgan fingerprint density at radius 2 is 1.84 bits per heavy atom. The molecule has 6 heteroatoms. The van der Waals surface area contributed by atoms with Crippen molar-refractivity contribution in [2.75, 3.05) is 7.05 Å². The van der Waals surface area contributed by atoms with Crippen molar-refractivity contribution in [2.24, 2.45) is 0 Å². The van der Waals surface area contributed by atoms with Gasteiger partial charge in [0.1, 0.15) is 0 Å². The molecule has 2 N–H and O–H groups in total. The fourth-order valence-electron chi connectivity index (χ4n) is 4.63. The maximum absolute atomic E-state index is 13.8. The maximum atomic E-state index is 13.8. The third kappa shape index (κ3) is 3.36. The number of carbonyl (C=O) groups excluding carboxylic acids is 1. The minimum atomic E-state index is -0.828. The first-order valence-corrected chi connectivity index (χ1v) is 9.26. The van der Waals surface area contributed by atoms with Crippen LogP contribution in [0.1, 0.15) is 50.0 Å². The van der Waals surface area contributed by atoms with Crippen molar-refractivity contribution in [1.82, 2.24) is 15.5 Å². The third-order valence-electron chi connectivity index (χ3n) is 6.16. The molecule has 3 aliphatic rings. The third-order valence-corrected chi connectivity index (χ3v) is 6.16. The van der Waals surface area contributed by atoms with E-state index in [-0.39, 0.29) is 24.0 Å².